The predicted molar refractivity (Wildman–Crippen MR) is 102 cm³/mol. The number of nitrogens with one attached hydrogen (secondary N) is 2. The molecule has 2 aliphatic rings. The third kappa shape index (κ3) is 4.89. The highest BCUT2D eigenvalue weighted by Gasteiger charge is 2.36. The highest BCUT2D eigenvalue weighted by Crippen LogP contribution is 2.29. The number of carbonyl (C=O) groups is 2. The zero-order valence-electron chi connectivity index (χ0n) is 16.4. The topological polar surface area (TPSA) is 85.2 Å². The van der Waals surface area contributed by atoms with Gasteiger partial charge in [0.25, 0.3) is 5.91 Å². The largest absolute Gasteiger partial charge is 0.376 e. The van der Waals surface area contributed by atoms with Crippen molar-refractivity contribution in [3.63, 3.8) is 0 Å². The van der Waals surface area contributed by atoms with Gasteiger partial charge in [-0.1, -0.05) is 6.92 Å². The average Bonchev–Trinajstić information content (AvgIpc) is 3.12. The molecule has 0 unspecified atom stereocenters. The number of nitrogens with zero attached hydrogens (tertiary/aromatic N) is 2. The summed E-state index contributed by atoms with van der Waals surface area (Å²) in [6.07, 6.45) is 8.03. The van der Waals surface area contributed by atoms with E-state index >= 15 is 0 Å². The highest BCUT2D eigenvalue weighted by molar-refractivity contribution is 5.92. The number of amides is 2. The minimum absolute atomic E-state index is 0.0261. The van der Waals surface area contributed by atoms with Gasteiger partial charge in [0, 0.05) is 31.3 Å². The van der Waals surface area contributed by atoms with Crippen LogP contribution in [0.15, 0.2) is 12.3 Å². The second kappa shape index (κ2) is 9.35. The van der Waals surface area contributed by atoms with Gasteiger partial charge in [0.2, 0.25) is 5.91 Å². The SMILES string of the molecule is CCCO[C@@H]1C[C@@H](C(=O)NC2CCC2)CC[C@H]1NC(=O)c1ccnn1CC. The molecule has 0 radical (unpaired) electrons. The van der Waals surface area contributed by atoms with E-state index in [-0.39, 0.29) is 29.9 Å². The summed E-state index contributed by atoms with van der Waals surface area (Å²) in [4.78, 5) is 25.2. The third-order valence-corrected chi connectivity index (χ3v) is 5.72. The van der Waals surface area contributed by atoms with Crippen LogP contribution >= 0.6 is 0 Å². The van der Waals surface area contributed by atoms with Gasteiger partial charge in [-0.15, -0.1) is 0 Å². The van der Waals surface area contributed by atoms with E-state index in [1.54, 1.807) is 16.9 Å². The van der Waals surface area contributed by atoms with Crippen molar-refractivity contribution in [2.24, 2.45) is 5.92 Å². The van der Waals surface area contributed by atoms with E-state index in [4.69, 9.17) is 4.74 Å². The first-order chi connectivity index (χ1) is 13.1. The van der Waals surface area contributed by atoms with Gasteiger partial charge in [0.15, 0.2) is 0 Å². The first kappa shape index (κ1) is 19.9. The van der Waals surface area contributed by atoms with Crippen molar-refractivity contribution in [1.29, 1.82) is 0 Å². The molecule has 2 fully saturated rings. The summed E-state index contributed by atoms with van der Waals surface area (Å²) in [5.41, 5.74) is 0.566. The fraction of sp³-hybridized carbons (Fsp3) is 0.750. The normalized spacial score (nSPS) is 25.6. The second-order valence-electron chi connectivity index (χ2n) is 7.67. The molecule has 1 aromatic rings. The smallest absolute Gasteiger partial charge is 0.269 e. The molecule has 0 spiro atoms. The van der Waals surface area contributed by atoms with Crippen molar-refractivity contribution >= 4 is 11.8 Å². The number of rotatable bonds is 8. The summed E-state index contributed by atoms with van der Waals surface area (Å²) >= 11 is 0. The Balaban J connectivity index is 1.60. The molecule has 7 nitrogen and oxygen atoms in total. The van der Waals surface area contributed by atoms with Crippen LogP contribution in [0.25, 0.3) is 0 Å². The summed E-state index contributed by atoms with van der Waals surface area (Å²) in [6, 6.07) is 2.02. The standard InChI is InChI=1S/C20H32N4O3/c1-3-12-27-18-13-14(19(25)22-15-6-5-7-15)8-9-16(18)23-20(26)17-10-11-21-24(17)4-2/h10-11,14-16,18H,3-9,12-13H2,1-2H3,(H,22,25)(H,23,26)/t14-,16+,18+/m0/s1. The van der Waals surface area contributed by atoms with Crippen LogP contribution in [0.4, 0.5) is 0 Å². The molecular formula is C20H32N4O3. The number of aromatic nitrogens is 2. The summed E-state index contributed by atoms with van der Waals surface area (Å²) in [6.45, 7) is 5.32. The molecule has 0 saturated heterocycles. The van der Waals surface area contributed by atoms with Crippen LogP contribution in [0, 0.1) is 5.92 Å². The molecule has 2 saturated carbocycles. The van der Waals surface area contributed by atoms with E-state index < -0.39 is 0 Å². The number of ether oxygens (including phenoxy) is 1. The molecule has 150 valence electrons. The lowest BCUT2D eigenvalue weighted by Gasteiger charge is -2.37. The van der Waals surface area contributed by atoms with Gasteiger partial charge < -0.3 is 15.4 Å². The van der Waals surface area contributed by atoms with E-state index in [1.807, 2.05) is 6.92 Å². The fourth-order valence-electron chi connectivity index (χ4n) is 3.88. The number of aryl methyl sites for hydroxylation is 1. The van der Waals surface area contributed by atoms with Crippen LogP contribution in [0.3, 0.4) is 0 Å². The Bertz CT molecular complexity index is 641. The van der Waals surface area contributed by atoms with Crippen LogP contribution in [0.5, 0.6) is 0 Å². The van der Waals surface area contributed by atoms with Crippen molar-refractivity contribution in [1.82, 2.24) is 20.4 Å². The van der Waals surface area contributed by atoms with Gasteiger partial charge in [0.05, 0.1) is 12.1 Å². The van der Waals surface area contributed by atoms with Gasteiger partial charge in [-0.2, -0.15) is 5.10 Å². The Morgan fingerprint density at radius 2 is 2.04 bits per heavy atom. The van der Waals surface area contributed by atoms with Crippen LogP contribution in [-0.4, -0.2) is 46.4 Å². The molecule has 3 atom stereocenters. The van der Waals surface area contributed by atoms with E-state index in [0.29, 0.717) is 31.3 Å². The molecule has 1 heterocycles. The Kier molecular flexibility index (Phi) is 6.88. The van der Waals surface area contributed by atoms with Crippen molar-refractivity contribution in [2.45, 2.75) is 83.5 Å². The number of hydrogen-bond donors (Lipinski definition) is 2. The van der Waals surface area contributed by atoms with E-state index in [0.717, 1.165) is 32.1 Å². The first-order valence-corrected chi connectivity index (χ1v) is 10.4. The van der Waals surface area contributed by atoms with Crippen LogP contribution < -0.4 is 10.6 Å². The highest BCUT2D eigenvalue weighted by atomic mass is 16.5. The van der Waals surface area contributed by atoms with Crippen molar-refractivity contribution in [3.05, 3.63) is 18.0 Å². The lowest BCUT2D eigenvalue weighted by atomic mass is 9.82. The molecule has 27 heavy (non-hydrogen) atoms. The van der Waals surface area contributed by atoms with Crippen molar-refractivity contribution in [2.75, 3.05) is 6.61 Å². The summed E-state index contributed by atoms with van der Waals surface area (Å²) in [7, 11) is 0. The molecule has 0 aromatic carbocycles. The Morgan fingerprint density at radius 3 is 2.70 bits per heavy atom. The number of carbonyl (C=O) groups excluding carboxylic acids is 2. The van der Waals surface area contributed by atoms with E-state index in [9.17, 15) is 9.59 Å². The monoisotopic (exact) mass is 376 g/mol. The molecule has 0 aliphatic heterocycles. The summed E-state index contributed by atoms with van der Waals surface area (Å²) in [5, 5.41) is 10.4. The Morgan fingerprint density at radius 1 is 1.22 bits per heavy atom. The first-order valence-electron chi connectivity index (χ1n) is 10.4. The molecular weight excluding hydrogens is 344 g/mol. The molecule has 2 amide bonds. The fourth-order valence-corrected chi connectivity index (χ4v) is 3.88. The quantitative estimate of drug-likeness (QED) is 0.729. The van der Waals surface area contributed by atoms with Crippen LogP contribution in [0.2, 0.25) is 0 Å². The van der Waals surface area contributed by atoms with Gasteiger partial charge in [-0.25, -0.2) is 0 Å². The van der Waals surface area contributed by atoms with Gasteiger partial charge in [-0.3, -0.25) is 14.3 Å². The predicted octanol–water partition coefficient (Wildman–Crippen LogP) is 2.27. The Labute approximate surface area is 161 Å². The van der Waals surface area contributed by atoms with Gasteiger partial charge in [-0.05, 0) is 57.9 Å². The molecule has 0 bridgehead atoms. The van der Waals surface area contributed by atoms with E-state index in [1.165, 1.54) is 6.42 Å². The maximum atomic E-state index is 12.7. The van der Waals surface area contributed by atoms with Gasteiger partial charge in [0.1, 0.15) is 5.69 Å². The lowest BCUT2D eigenvalue weighted by molar-refractivity contribution is -0.129. The van der Waals surface area contributed by atoms with Crippen molar-refractivity contribution in [3.8, 4) is 0 Å². The molecule has 7 heteroatoms. The number of hydrogen-bond acceptors (Lipinski definition) is 4. The molecule has 1 aromatic heterocycles. The summed E-state index contributed by atoms with van der Waals surface area (Å²) in [5.74, 6) is 0.00207. The zero-order valence-corrected chi connectivity index (χ0v) is 16.4. The maximum Gasteiger partial charge on any atom is 0.269 e. The minimum atomic E-state index is -0.127. The van der Waals surface area contributed by atoms with Gasteiger partial charge >= 0.3 is 0 Å². The van der Waals surface area contributed by atoms with Crippen LogP contribution in [-0.2, 0) is 16.1 Å². The summed E-state index contributed by atoms with van der Waals surface area (Å²) < 4.78 is 7.72. The zero-order chi connectivity index (χ0) is 19.2. The Hall–Kier alpha value is -1.89. The molecule has 3 rings (SSSR count). The second-order valence-corrected chi connectivity index (χ2v) is 7.67. The lowest BCUT2D eigenvalue weighted by Crippen LogP contribution is -2.51. The third-order valence-electron chi connectivity index (χ3n) is 5.72. The van der Waals surface area contributed by atoms with Crippen LogP contribution in [0.1, 0.15) is 69.3 Å². The minimum Gasteiger partial charge on any atom is -0.376 e. The molecule has 2 aliphatic carbocycles. The van der Waals surface area contributed by atoms with E-state index in [2.05, 4.69) is 22.7 Å². The molecule has 2 N–H and O–H groups in total. The average molecular weight is 377 g/mol. The maximum absolute atomic E-state index is 12.7. The van der Waals surface area contributed by atoms with Crippen molar-refractivity contribution < 1.29 is 14.3 Å².